The van der Waals surface area contributed by atoms with Crippen molar-refractivity contribution in [2.24, 2.45) is 5.92 Å². The fourth-order valence-corrected chi connectivity index (χ4v) is 7.39. The monoisotopic (exact) mass is 532 g/mol. The molecule has 1 N–H and O–H groups in total. The molecule has 3 aromatic carbocycles. The molecule has 0 bridgehead atoms. The van der Waals surface area contributed by atoms with E-state index >= 15 is 0 Å². The summed E-state index contributed by atoms with van der Waals surface area (Å²) in [6.45, 7) is 5.02. The molecular formula is C35H40N4O. The van der Waals surface area contributed by atoms with Crippen LogP contribution in [0.2, 0.25) is 0 Å². The first-order valence-electron chi connectivity index (χ1n) is 15.3. The summed E-state index contributed by atoms with van der Waals surface area (Å²) >= 11 is 0. The van der Waals surface area contributed by atoms with Crippen molar-refractivity contribution in [1.82, 2.24) is 9.88 Å². The zero-order valence-corrected chi connectivity index (χ0v) is 23.4. The Morgan fingerprint density at radius 1 is 0.800 bits per heavy atom. The highest BCUT2D eigenvalue weighted by Crippen LogP contribution is 2.42. The van der Waals surface area contributed by atoms with Crippen LogP contribution in [-0.4, -0.2) is 54.6 Å². The minimum atomic E-state index is 0.157. The highest BCUT2D eigenvalue weighted by molar-refractivity contribution is 6.01. The van der Waals surface area contributed by atoms with E-state index in [9.17, 15) is 4.79 Å². The van der Waals surface area contributed by atoms with Crippen LogP contribution in [0.3, 0.4) is 0 Å². The van der Waals surface area contributed by atoms with E-state index in [1.165, 1.54) is 58.2 Å². The lowest BCUT2D eigenvalue weighted by molar-refractivity contribution is -0.124. The fourth-order valence-electron chi connectivity index (χ4n) is 7.39. The molecule has 3 heterocycles. The Morgan fingerprint density at radius 3 is 2.42 bits per heavy atom. The number of rotatable bonds is 5. The quantitative estimate of drug-likeness (QED) is 0.305. The number of hydrogen-bond donors (Lipinski definition) is 1. The van der Waals surface area contributed by atoms with Gasteiger partial charge < -0.3 is 14.8 Å². The molecule has 2 fully saturated rings. The predicted molar refractivity (Wildman–Crippen MR) is 165 cm³/mol. The number of para-hydroxylation sites is 1. The number of carbonyl (C=O) groups is 1. The van der Waals surface area contributed by atoms with Crippen molar-refractivity contribution in [3.8, 4) is 11.1 Å². The number of benzene rings is 3. The average Bonchev–Trinajstić information content (AvgIpc) is 3.51. The van der Waals surface area contributed by atoms with E-state index in [0.717, 1.165) is 58.4 Å². The Hall–Kier alpha value is -3.57. The molecule has 0 radical (unpaired) electrons. The lowest BCUT2D eigenvalue weighted by Gasteiger charge is -2.44. The molecule has 1 aromatic heterocycles. The molecule has 7 rings (SSSR count). The maximum atomic E-state index is 14.4. The molecule has 1 unspecified atom stereocenters. The second-order valence-electron chi connectivity index (χ2n) is 11.9. The van der Waals surface area contributed by atoms with Crippen molar-refractivity contribution in [1.29, 1.82) is 0 Å². The standard InChI is InChI=1S/C35H40N4O/c40-35(28-11-5-2-6-12-28)39-29(18-17-27-13-7-14-30(34(27)39)26-9-3-1-4-10-26)25-37-21-23-38(24-22-37)33-16-8-15-32-31(33)19-20-36-32/h1,3-4,7-10,13-16,19-20,28-29,36H,2,5-6,11-12,17-18,21-25H2. The molecule has 4 aromatic rings. The molecule has 206 valence electrons. The Kier molecular flexibility index (Phi) is 7.07. The summed E-state index contributed by atoms with van der Waals surface area (Å²) in [4.78, 5) is 25.2. The maximum Gasteiger partial charge on any atom is 0.230 e. The summed E-state index contributed by atoms with van der Waals surface area (Å²) in [5, 5.41) is 1.30. The number of amides is 1. The van der Waals surface area contributed by atoms with Gasteiger partial charge in [-0.15, -0.1) is 0 Å². The number of aromatic amines is 1. The summed E-state index contributed by atoms with van der Waals surface area (Å²) in [6, 6.07) is 26.3. The molecule has 5 nitrogen and oxygen atoms in total. The third kappa shape index (κ3) is 4.81. The van der Waals surface area contributed by atoms with Crippen molar-refractivity contribution in [3.05, 3.63) is 84.6 Å². The van der Waals surface area contributed by atoms with Crippen molar-refractivity contribution < 1.29 is 4.79 Å². The van der Waals surface area contributed by atoms with Crippen LogP contribution in [0.25, 0.3) is 22.0 Å². The third-order valence-corrected chi connectivity index (χ3v) is 9.50. The molecule has 1 amide bonds. The first-order chi connectivity index (χ1) is 19.8. The molecule has 5 heteroatoms. The van der Waals surface area contributed by atoms with E-state index in [2.05, 4.69) is 92.5 Å². The lowest BCUT2D eigenvalue weighted by atomic mass is 9.85. The van der Waals surface area contributed by atoms with Crippen LogP contribution in [0.4, 0.5) is 11.4 Å². The van der Waals surface area contributed by atoms with Crippen LogP contribution in [0.5, 0.6) is 0 Å². The second-order valence-corrected chi connectivity index (χ2v) is 11.9. The topological polar surface area (TPSA) is 42.6 Å². The number of nitrogens with zero attached hydrogens (tertiary/aromatic N) is 3. The van der Waals surface area contributed by atoms with Gasteiger partial charge in [-0.2, -0.15) is 0 Å². The molecule has 1 atom stereocenters. The van der Waals surface area contributed by atoms with Crippen LogP contribution in [-0.2, 0) is 11.2 Å². The largest absolute Gasteiger partial charge is 0.368 e. The third-order valence-electron chi connectivity index (χ3n) is 9.50. The Balaban J connectivity index is 1.15. The van der Waals surface area contributed by atoms with E-state index in [1.54, 1.807) is 0 Å². The zero-order valence-electron chi connectivity index (χ0n) is 23.4. The number of H-pyrrole nitrogens is 1. The smallest absolute Gasteiger partial charge is 0.230 e. The minimum absolute atomic E-state index is 0.157. The van der Waals surface area contributed by atoms with E-state index < -0.39 is 0 Å². The van der Waals surface area contributed by atoms with Gasteiger partial charge in [-0.05, 0) is 55.0 Å². The van der Waals surface area contributed by atoms with Gasteiger partial charge in [-0.1, -0.05) is 73.9 Å². The molecule has 0 spiro atoms. The molecule has 40 heavy (non-hydrogen) atoms. The summed E-state index contributed by atoms with van der Waals surface area (Å²) in [5.74, 6) is 0.525. The highest BCUT2D eigenvalue weighted by atomic mass is 16.2. The predicted octanol–water partition coefficient (Wildman–Crippen LogP) is 6.89. The van der Waals surface area contributed by atoms with E-state index in [0.29, 0.717) is 5.91 Å². The number of aryl methyl sites for hydroxylation is 1. The van der Waals surface area contributed by atoms with Crippen molar-refractivity contribution in [2.75, 3.05) is 42.5 Å². The first-order valence-corrected chi connectivity index (χ1v) is 15.3. The van der Waals surface area contributed by atoms with Gasteiger partial charge in [0, 0.05) is 73.0 Å². The summed E-state index contributed by atoms with van der Waals surface area (Å²) in [7, 11) is 0. The van der Waals surface area contributed by atoms with Crippen LogP contribution in [0.1, 0.15) is 44.1 Å². The van der Waals surface area contributed by atoms with Gasteiger partial charge in [0.15, 0.2) is 0 Å². The highest BCUT2D eigenvalue weighted by Gasteiger charge is 2.38. The molecule has 1 aliphatic carbocycles. The molecule has 1 saturated heterocycles. The van der Waals surface area contributed by atoms with Gasteiger partial charge in [-0.3, -0.25) is 9.69 Å². The van der Waals surface area contributed by atoms with Crippen LogP contribution in [0, 0.1) is 5.92 Å². The van der Waals surface area contributed by atoms with E-state index in [-0.39, 0.29) is 12.0 Å². The summed E-state index contributed by atoms with van der Waals surface area (Å²) in [6.07, 6.45) is 9.79. The fraction of sp³-hybridized carbons (Fsp3) is 0.400. The van der Waals surface area contributed by atoms with Gasteiger partial charge in [0.25, 0.3) is 0 Å². The number of anilines is 2. The normalized spacial score (nSPS) is 20.6. The average molecular weight is 533 g/mol. The SMILES string of the molecule is O=C(C1CCCCC1)N1c2c(cccc2-c2ccccc2)CCC1CN1CCN(c2cccc3[nH]ccc23)CC1. The lowest BCUT2D eigenvalue weighted by Crippen LogP contribution is -2.55. The van der Waals surface area contributed by atoms with Crippen molar-refractivity contribution in [3.63, 3.8) is 0 Å². The number of piperazine rings is 1. The Morgan fingerprint density at radius 2 is 1.60 bits per heavy atom. The second kappa shape index (κ2) is 11.1. The maximum absolute atomic E-state index is 14.4. The van der Waals surface area contributed by atoms with Crippen molar-refractivity contribution in [2.45, 2.75) is 51.0 Å². The van der Waals surface area contributed by atoms with Gasteiger partial charge in [0.1, 0.15) is 0 Å². The van der Waals surface area contributed by atoms with Gasteiger partial charge in [0.2, 0.25) is 5.91 Å². The van der Waals surface area contributed by atoms with Crippen LogP contribution < -0.4 is 9.80 Å². The van der Waals surface area contributed by atoms with Gasteiger partial charge in [-0.25, -0.2) is 0 Å². The van der Waals surface area contributed by atoms with E-state index in [1.807, 2.05) is 6.20 Å². The summed E-state index contributed by atoms with van der Waals surface area (Å²) < 4.78 is 0. The number of carbonyl (C=O) groups excluding carboxylic acids is 1. The molecular weight excluding hydrogens is 492 g/mol. The minimum Gasteiger partial charge on any atom is -0.368 e. The van der Waals surface area contributed by atoms with Crippen LogP contribution >= 0.6 is 0 Å². The first kappa shape index (κ1) is 25.4. The number of aromatic nitrogens is 1. The Labute approximate surface area is 237 Å². The van der Waals surface area contributed by atoms with Gasteiger partial charge in [0.05, 0.1) is 5.69 Å². The molecule has 2 aliphatic heterocycles. The summed E-state index contributed by atoms with van der Waals surface area (Å²) in [5.41, 5.74) is 7.44. The van der Waals surface area contributed by atoms with Gasteiger partial charge >= 0.3 is 0 Å². The number of fused-ring (bicyclic) bond motifs is 2. The van der Waals surface area contributed by atoms with E-state index in [4.69, 9.17) is 0 Å². The number of nitrogens with one attached hydrogen (secondary N) is 1. The van der Waals surface area contributed by atoms with Crippen molar-refractivity contribution >= 4 is 28.2 Å². The Bertz CT molecular complexity index is 1460. The molecule has 3 aliphatic rings. The zero-order chi connectivity index (χ0) is 26.9. The van der Waals surface area contributed by atoms with Crippen LogP contribution in [0.15, 0.2) is 79.0 Å². The molecule has 1 saturated carbocycles. The number of hydrogen-bond acceptors (Lipinski definition) is 3.